The summed E-state index contributed by atoms with van der Waals surface area (Å²) in [6, 6.07) is 0. The standard InChI is InChI=1S/Ca.ClH.K.Mg.Na.H3O4P.6H/c;;;;;1-5(2,3)4;;;;;;/h;1H;;;;(H3,1,2,3,4);;;;;;. The second-order valence-corrected chi connectivity index (χ2v) is 1.54. The van der Waals surface area contributed by atoms with Crippen LogP contribution in [-0.2, 0) is 4.57 Å². The quantitative estimate of drug-likeness (QED) is 0.312. The summed E-state index contributed by atoms with van der Waals surface area (Å²) in [5.41, 5.74) is 0. The molecule has 0 atom stereocenters. The Morgan fingerprint density at radius 3 is 1.10 bits per heavy atom. The van der Waals surface area contributed by atoms with Crippen LogP contribution < -0.4 is 0 Å². The molecule has 0 rings (SSSR count). The average Bonchev–Trinajstić information content (AvgIpc) is 0.722. The van der Waals surface area contributed by atoms with E-state index in [4.69, 9.17) is 19.2 Å². The Hall–Kier alpha value is 5.06. The van der Waals surface area contributed by atoms with E-state index in [9.17, 15) is 0 Å². The van der Waals surface area contributed by atoms with Crippen LogP contribution in [0.1, 0.15) is 0 Å². The van der Waals surface area contributed by atoms with Crippen LogP contribution in [0.5, 0.6) is 0 Å². The molecule has 3 N–H and O–H groups in total. The summed E-state index contributed by atoms with van der Waals surface area (Å²) in [4.78, 5) is 21.6. The van der Waals surface area contributed by atoms with Gasteiger partial charge < -0.3 is 14.7 Å². The zero-order valence-electron chi connectivity index (χ0n) is 2.61. The zero-order valence-corrected chi connectivity index (χ0v) is 4.32. The van der Waals surface area contributed by atoms with E-state index >= 15 is 0 Å². The van der Waals surface area contributed by atoms with Crippen molar-refractivity contribution in [1.82, 2.24) is 0 Å². The number of hydrogen-bond donors (Lipinski definition) is 3. The first-order valence-corrected chi connectivity index (χ1v) is 2.35. The summed E-state index contributed by atoms with van der Waals surface area (Å²) in [6.07, 6.45) is 0. The molecule has 10 heavy (non-hydrogen) atoms. The van der Waals surface area contributed by atoms with Crippen molar-refractivity contribution in [1.29, 1.82) is 0 Å². The van der Waals surface area contributed by atoms with Crippen LogP contribution in [0.3, 0.4) is 0 Å². The molecular weight excluding hydrogens is 257 g/mol. The molecule has 0 bridgehead atoms. The normalized spacial score (nSPS) is 5.90. The van der Waals surface area contributed by atoms with E-state index < -0.39 is 7.82 Å². The number of rotatable bonds is 0. The maximum atomic E-state index is 8.88. The van der Waals surface area contributed by atoms with Crippen molar-refractivity contribution in [2.45, 2.75) is 0 Å². The Bertz CT molecular complexity index is 71.4. The minimum absolute atomic E-state index is 0. The van der Waals surface area contributed by atoms with Gasteiger partial charge in [-0.2, -0.15) is 0 Å². The average molecular weight is 267 g/mol. The van der Waals surface area contributed by atoms with E-state index in [2.05, 4.69) is 0 Å². The van der Waals surface area contributed by atoms with E-state index in [0.29, 0.717) is 0 Å². The van der Waals surface area contributed by atoms with Gasteiger partial charge in [0.25, 0.3) is 0 Å². The SMILES string of the molecule is Cl.O=P(O)(O)O.[CaH2].[KH].[MgH2].[NaH]. The monoisotopic (exact) mass is 266 g/mol. The summed E-state index contributed by atoms with van der Waals surface area (Å²) in [5, 5.41) is 0. The predicted molar refractivity (Wildman–Crippen MR) is 52.9 cm³/mol. The van der Waals surface area contributed by atoms with Crippen LogP contribution in [0.4, 0.5) is 0 Å². The topological polar surface area (TPSA) is 77.8 Å². The van der Waals surface area contributed by atoms with Crippen LogP contribution in [-0.4, -0.2) is 156 Å². The van der Waals surface area contributed by atoms with Crippen molar-refractivity contribution >= 4 is 162 Å². The minimum atomic E-state index is -4.64. The Labute approximate surface area is 176 Å². The van der Waals surface area contributed by atoms with Crippen molar-refractivity contribution in [3.63, 3.8) is 0 Å². The Morgan fingerprint density at radius 2 is 1.10 bits per heavy atom. The summed E-state index contributed by atoms with van der Waals surface area (Å²) < 4.78 is 8.88. The number of phosphoric acid groups is 1. The van der Waals surface area contributed by atoms with E-state index in [1.54, 1.807) is 0 Å². The molecule has 52 valence electrons. The van der Waals surface area contributed by atoms with Gasteiger partial charge in [-0.1, -0.05) is 0 Å². The van der Waals surface area contributed by atoms with Gasteiger partial charge in [-0.3, -0.25) is 0 Å². The van der Waals surface area contributed by atoms with Crippen LogP contribution in [0.15, 0.2) is 0 Å². The van der Waals surface area contributed by atoms with Crippen LogP contribution in [0.25, 0.3) is 0 Å². The number of halogens is 1. The first-order chi connectivity index (χ1) is 2.00. The summed E-state index contributed by atoms with van der Waals surface area (Å²) in [5.74, 6) is 0. The van der Waals surface area contributed by atoms with Gasteiger partial charge in [0.05, 0.1) is 0 Å². The third kappa shape index (κ3) is 74.2. The molecule has 0 saturated carbocycles. The van der Waals surface area contributed by atoms with Crippen LogP contribution >= 0.6 is 20.2 Å². The van der Waals surface area contributed by atoms with Gasteiger partial charge in [-0.05, 0) is 0 Å². The van der Waals surface area contributed by atoms with E-state index in [1.165, 1.54) is 0 Å². The first kappa shape index (κ1) is 36.3. The molecule has 0 aromatic carbocycles. The second kappa shape index (κ2) is 19.6. The summed E-state index contributed by atoms with van der Waals surface area (Å²) in [6.45, 7) is 0. The first-order valence-electron chi connectivity index (χ1n) is 0.783. The van der Waals surface area contributed by atoms with Crippen LogP contribution in [0, 0.1) is 0 Å². The number of hydrogen-bond acceptors (Lipinski definition) is 1. The zero-order chi connectivity index (χ0) is 4.50. The molecule has 4 nitrogen and oxygen atoms in total. The molecular formula is H10CaClKMgNaO4P. The van der Waals surface area contributed by atoms with Gasteiger partial charge in [-0.25, -0.2) is 4.57 Å². The second-order valence-electron chi connectivity index (χ2n) is 0.513. The summed E-state index contributed by atoms with van der Waals surface area (Å²) in [7, 11) is -4.64. The molecule has 0 radical (unpaired) electrons. The van der Waals surface area contributed by atoms with Crippen molar-refractivity contribution in [2.24, 2.45) is 0 Å². The molecule has 0 aliphatic heterocycles. The molecule has 0 aromatic rings. The van der Waals surface area contributed by atoms with Gasteiger partial charge in [0.1, 0.15) is 0 Å². The van der Waals surface area contributed by atoms with Crippen molar-refractivity contribution in [3.05, 3.63) is 0 Å². The fourth-order valence-corrected chi connectivity index (χ4v) is 0. The Kier molecular flexibility index (Phi) is 71.1. The fourth-order valence-electron chi connectivity index (χ4n) is 0. The summed E-state index contributed by atoms with van der Waals surface area (Å²) >= 11 is 0. The van der Waals surface area contributed by atoms with E-state index in [0.717, 1.165) is 0 Å². The molecule has 0 saturated heterocycles. The van der Waals surface area contributed by atoms with Crippen molar-refractivity contribution in [3.8, 4) is 0 Å². The predicted octanol–water partition coefficient (Wildman–Crippen LogP) is -3.64. The third-order valence-corrected chi connectivity index (χ3v) is 0. The van der Waals surface area contributed by atoms with Gasteiger partial charge in [-0.15, -0.1) is 12.4 Å². The van der Waals surface area contributed by atoms with Gasteiger partial charge in [0, 0.05) is 0 Å². The maximum absolute atomic E-state index is 8.88. The Morgan fingerprint density at radius 1 is 1.10 bits per heavy atom. The Balaban J connectivity index is -0.00000000800. The molecule has 0 aliphatic carbocycles. The van der Waals surface area contributed by atoms with Crippen molar-refractivity contribution in [2.75, 3.05) is 0 Å². The molecule has 0 heterocycles. The molecule has 0 spiro atoms. The van der Waals surface area contributed by atoms with Crippen molar-refractivity contribution < 1.29 is 19.2 Å². The molecule has 10 heteroatoms. The van der Waals surface area contributed by atoms with Crippen LogP contribution in [0.2, 0.25) is 0 Å². The molecule has 0 aliphatic rings. The molecule has 0 fully saturated rings. The van der Waals surface area contributed by atoms with Gasteiger partial charge in [0.2, 0.25) is 0 Å². The molecule has 0 aromatic heterocycles. The molecule has 0 unspecified atom stereocenters. The van der Waals surface area contributed by atoms with Gasteiger partial charge in [0.15, 0.2) is 0 Å². The fraction of sp³-hybridized carbons (Fsp3) is 0. The molecule has 0 amide bonds. The van der Waals surface area contributed by atoms with E-state index in [1.807, 2.05) is 0 Å². The third-order valence-electron chi connectivity index (χ3n) is 0. The van der Waals surface area contributed by atoms with E-state index in [-0.39, 0.29) is 154 Å². The van der Waals surface area contributed by atoms with Gasteiger partial charge >= 0.3 is 150 Å².